The molecule has 1 heterocycles. The summed E-state index contributed by atoms with van der Waals surface area (Å²) in [4.78, 5) is 30.2. The Labute approximate surface area is 243 Å². The molecule has 0 aromatic heterocycles. The predicted octanol–water partition coefficient (Wildman–Crippen LogP) is 6.59. The van der Waals surface area contributed by atoms with Crippen LogP contribution in [0.1, 0.15) is 54.0 Å². The first kappa shape index (κ1) is 28.3. The first-order valence-corrected chi connectivity index (χ1v) is 14.4. The highest BCUT2D eigenvalue weighted by atomic mass is 16.5. The minimum Gasteiger partial charge on any atom is -0.461 e. The number of carbonyl (C=O) groups excluding carboxylic acids is 2. The molecular weight excluding hydrogens is 508 g/mol. The zero-order chi connectivity index (χ0) is 28.8. The molecule has 1 aliphatic rings. The van der Waals surface area contributed by atoms with Crippen molar-refractivity contribution >= 4 is 17.6 Å². The number of carbonyl (C=O) groups is 2. The Morgan fingerprint density at radius 3 is 2.10 bits per heavy atom. The Balaban J connectivity index is 1.50. The Hall–Kier alpha value is -4.22. The van der Waals surface area contributed by atoms with E-state index in [0.29, 0.717) is 31.7 Å². The second-order valence-corrected chi connectivity index (χ2v) is 11.3. The minimum atomic E-state index is -1.46. The predicted molar refractivity (Wildman–Crippen MR) is 163 cm³/mol. The molecule has 0 radical (unpaired) electrons. The smallest absolute Gasteiger partial charge is 0.312 e. The molecule has 1 aliphatic heterocycles. The molecule has 2 N–H and O–H groups in total. The summed E-state index contributed by atoms with van der Waals surface area (Å²) < 4.78 is 5.85. The summed E-state index contributed by atoms with van der Waals surface area (Å²) in [5, 5.41) is 0. The molecule has 1 amide bonds. The summed E-state index contributed by atoms with van der Waals surface area (Å²) >= 11 is 0. The summed E-state index contributed by atoms with van der Waals surface area (Å²) in [6, 6.07) is 35.6. The molecule has 5 rings (SSSR count). The van der Waals surface area contributed by atoms with Gasteiger partial charge in [0.1, 0.15) is 12.1 Å². The van der Waals surface area contributed by atoms with Crippen molar-refractivity contribution in [3.63, 3.8) is 0 Å². The summed E-state index contributed by atoms with van der Waals surface area (Å²) in [5.41, 5.74) is 11.7. The molecule has 0 aliphatic carbocycles. The van der Waals surface area contributed by atoms with Crippen molar-refractivity contribution < 1.29 is 14.3 Å². The zero-order valence-corrected chi connectivity index (χ0v) is 23.8. The first-order chi connectivity index (χ1) is 19.8. The van der Waals surface area contributed by atoms with Crippen LogP contribution in [0.2, 0.25) is 0 Å². The number of hydrogen-bond donors (Lipinski definition) is 1. The van der Waals surface area contributed by atoms with Crippen LogP contribution in [0.15, 0.2) is 109 Å². The van der Waals surface area contributed by atoms with E-state index in [1.165, 1.54) is 5.56 Å². The van der Waals surface area contributed by atoms with Crippen molar-refractivity contribution in [1.82, 2.24) is 0 Å². The van der Waals surface area contributed by atoms with Crippen LogP contribution in [-0.2, 0) is 40.3 Å². The van der Waals surface area contributed by atoms with Gasteiger partial charge in [0, 0.05) is 5.69 Å². The Morgan fingerprint density at radius 1 is 0.829 bits per heavy atom. The van der Waals surface area contributed by atoms with Crippen molar-refractivity contribution in [1.29, 1.82) is 0 Å². The van der Waals surface area contributed by atoms with Gasteiger partial charge in [-0.15, -0.1) is 0 Å². The minimum absolute atomic E-state index is 0.126. The third kappa shape index (κ3) is 6.41. The van der Waals surface area contributed by atoms with Crippen molar-refractivity contribution in [2.45, 2.75) is 57.7 Å². The third-order valence-electron chi connectivity index (χ3n) is 8.13. The van der Waals surface area contributed by atoms with Crippen molar-refractivity contribution in [2.75, 3.05) is 4.90 Å². The number of anilines is 1. The number of ether oxygens (including phenoxy) is 1. The van der Waals surface area contributed by atoms with Gasteiger partial charge in [0.15, 0.2) is 0 Å². The average Bonchev–Trinajstić information content (AvgIpc) is 3.11. The number of rotatable bonds is 9. The van der Waals surface area contributed by atoms with E-state index in [-0.39, 0.29) is 12.5 Å². The van der Waals surface area contributed by atoms with E-state index in [4.69, 9.17) is 10.5 Å². The van der Waals surface area contributed by atoms with Crippen molar-refractivity contribution in [3.8, 4) is 0 Å². The molecule has 0 unspecified atom stereocenters. The number of esters is 1. The van der Waals surface area contributed by atoms with Crippen LogP contribution in [0, 0.1) is 5.92 Å². The van der Waals surface area contributed by atoms with Gasteiger partial charge in [0.25, 0.3) is 0 Å². The maximum atomic E-state index is 14.6. The lowest BCUT2D eigenvalue weighted by Gasteiger charge is -2.37. The number of nitrogens with zero attached hydrogens (tertiary/aromatic N) is 1. The number of amides is 1. The van der Waals surface area contributed by atoms with Gasteiger partial charge in [-0.2, -0.15) is 0 Å². The molecule has 0 bridgehead atoms. The lowest BCUT2D eigenvalue weighted by molar-refractivity contribution is -0.155. The molecular formula is C36H38N2O3. The van der Waals surface area contributed by atoms with Crippen LogP contribution in [-0.4, -0.2) is 17.4 Å². The second-order valence-electron chi connectivity index (χ2n) is 11.3. The number of aryl methyl sites for hydroxylation is 1. The molecule has 210 valence electrons. The summed E-state index contributed by atoms with van der Waals surface area (Å²) in [7, 11) is 0. The first-order valence-electron chi connectivity index (χ1n) is 14.4. The maximum Gasteiger partial charge on any atom is 0.312 e. The lowest BCUT2D eigenvalue weighted by Crippen LogP contribution is -2.62. The number of benzene rings is 4. The molecule has 0 saturated carbocycles. The van der Waals surface area contributed by atoms with E-state index in [9.17, 15) is 9.59 Å². The lowest BCUT2D eigenvalue weighted by atomic mass is 9.76. The SMILES string of the molecule is CC(C)c1ccc(CN2C(=O)[C@](N)([C@H](Cc3ccccc3)C(=O)OCc3ccccc3)CCc3ccccc32)cc1. The van der Waals surface area contributed by atoms with Gasteiger partial charge in [-0.1, -0.05) is 117 Å². The fraction of sp³-hybridized carbons (Fsp3) is 0.278. The number of nitrogens with two attached hydrogens (primary N) is 1. The van der Waals surface area contributed by atoms with Gasteiger partial charge < -0.3 is 15.4 Å². The highest BCUT2D eigenvalue weighted by Crippen LogP contribution is 2.37. The van der Waals surface area contributed by atoms with Gasteiger partial charge in [0.05, 0.1) is 12.5 Å². The van der Waals surface area contributed by atoms with E-state index in [2.05, 4.69) is 38.1 Å². The standard InChI is InChI=1S/C36H38N2O3/c1-26(2)30-19-17-28(18-20-30)24-38-33-16-10-9-15-31(33)21-22-36(37,35(38)40)32(23-27-11-5-3-6-12-27)34(39)41-25-29-13-7-4-8-14-29/h3-20,26,32H,21-25,37H2,1-2H3/t32-,36-/m1/s1. The van der Waals surface area contributed by atoms with Gasteiger partial charge in [-0.05, 0) is 59.1 Å². The summed E-state index contributed by atoms with van der Waals surface area (Å²) in [6.45, 7) is 4.82. The van der Waals surface area contributed by atoms with Gasteiger partial charge in [-0.3, -0.25) is 9.59 Å². The van der Waals surface area contributed by atoms with E-state index in [1.807, 2.05) is 84.9 Å². The third-order valence-corrected chi connectivity index (χ3v) is 8.13. The van der Waals surface area contributed by atoms with Crippen LogP contribution >= 0.6 is 0 Å². The fourth-order valence-electron chi connectivity index (χ4n) is 5.62. The Kier molecular flexibility index (Phi) is 8.65. The number of para-hydroxylation sites is 1. The normalized spacial score (nSPS) is 17.6. The monoisotopic (exact) mass is 546 g/mol. The van der Waals surface area contributed by atoms with Gasteiger partial charge in [0.2, 0.25) is 5.91 Å². The Morgan fingerprint density at radius 2 is 1.44 bits per heavy atom. The summed E-state index contributed by atoms with van der Waals surface area (Å²) in [5.74, 6) is -1.16. The zero-order valence-electron chi connectivity index (χ0n) is 23.8. The van der Waals surface area contributed by atoms with E-state index in [1.54, 1.807) is 4.90 Å². The van der Waals surface area contributed by atoms with Crippen LogP contribution in [0.3, 0.4) is 0 Å². The fourth-order valence-corrected chi connectivity index (χ4v) is 5.62. The molecule has 5 heteroatoms. The topological polar surface area (TPSA) is 72.6 Å². The van der Waals surface area contributed by atoms with E-state index in [0.717, 1.165) is 27.9 Å². The molecule has 0 saturated heterocycles. The number of hydrogen-bond acceptors (Lipinski definition) is 4. The van der Waals surface area contributed by atoms with Crippen molar-refractivity contribution in [2.24, 2.45) is 11.7 Å². The molecule has 5 nitrogen and oxygen atoms in total. The largest absolute Gasteiger partial charge is 0.461 e. The number of fused-ring (bicyclic) bond motifs is 1. The Bertz CT molecular complexity index is 1470. The van der Waals surface area contributed by atoms with E-state index < -0.39 is 17.4 Å². The highest BCUT2D eigenvalue weighted by Gasteiger charge is 2.50. The van der Waals surface area contributed by atoms with Crippen LogP contribution < -0.4 is 10.6 Å². The molecule has 4 aromatic rings. The second kappa shape index (κ2) is 12.5. The maximum absolute atomic E-state index is 14.6. The average molecular weight is 547 g/mol. The highest BCUT2D eigenvalue weighted by molar-refractivity contribution is 6.04. The van der Waals surface area contributed by atoms with Crippen LogP contribution in [0.5, 0.6) is 0 Å². The molecule has 0 spiro atoms. The van der Waals surface area contributed by atoms with Gasteiger partial charge >= 0.3 is 5.97 Å². The van der Waals surface area contributed by atoms with E-state index >= 15 is 0 Å². The van der Waals surface area contributed by atoms with Crippen molar-refractivity contribution in [3.05, 3.63) is 137 Å². The summed E-state index contributed by atoms with van der Waals surface area (Å²) in [6.07, 6.45) is 1.23. The van der Waals surface area contributed by atoms with Crippen LogP contribution in [0.4, 0.5) is 5.69 Å². The molecule has 2 atom stereocenters. The molecule has 4 aromatic carbocycles. The molecule has 0 fully saturated rings. The van der Waals surface area contributed by atoms with Crippen LogP contribution in [0.25, 0.3) is 0 Å². The quantitative estimate of drug-likeness (QED) is 0.241. The molecule has 41 heavy (non-hydrogen) atoms. The van der Waals surface area contributed by atoms with Gasteiger partial charge in [-0.25, -0.2) is 0 Å².